The molecule has 68 valence electrons. The molecule has 0 aliphatic heterocycles. The third-order valence-corrected chi connectivity index (χ3v) is 3.01. The number of hydrogen-bond donors (Lipinski definition) is 0. The van der Waals surface area contributed by atoms with E-state index in [1.165, 1.54) is 17.1 Å². The maximum absolute atomic E-state index is 11.8. The maximum Gasteiger partial charge on any atom is 0.184 e. The summed E-state index contributed by atoms with van der Waals surface area (Å²) < 4.78 is 35.4. The van der Waals surface area contributed by atoms with Gasteiger partial charge in [-0.05, 0) is 0 Å². The van der Waals surface area contributed by atoms with Crippen molar-refractivity contribution < 1.29 is 12.8 Å². The Hall–Kier alpha value is -0.910. The van der Waals surface area contributed by atoms with E-state index in [9.17, 15) is 12.8 Å². The Balaban J connectivity index is 2.98. The molecule has 1 rings (SSSR count). The average molecular weight is 192 g/mol. The predicted octanol–water partition coefficient (Wildman–Crippen LogP) is 0.163. The van der Waals surface area contributed by atoms with Crippen molar-refractivity contribution in [2.24, 2.45) is 7.05 Å². The quantitative estimate of drug-likeness (QED) is 0.685. The Bertz CT molecular complexity index is 357. The lowest BCUT2D eigenvalue weighted by Crippen LogP contribution is -2.07. The maximum atomic E-state index is 11.8. The Morgan fingerprint density at radius 2 is 2.33 bits per heavy atom. The molecule has 0 atom stereocenters. The fraction of sp³-hybridized carbons (Fsp3) is 0.500. The number of nitrogens with zero attached hydrogens (tertiary/aromatic N) is 2. The van der Waals surface area contributed by atoms with Crippen LogP contribution in [-0.2, 0) is 16.9 Å². The van der Waals surface area contributed by atoms with Gasteiger partial charge in [-0.2, -0.15) is 5.10 Å². The average Bonchev–Trinajstić information content (AvgIpc) is 2.36. The van der Waals surface area contributed by atoms with Gasteiger partial charge in [0.25, 0.3) is 0 Å². The highest BCUT2D eigenvalue weighted by Crippen LogP contribution is 2.08. The standard InChI is InChI=1S/C6H9FN2O2S/c1-9-5-6(4-8-9)12(10,11)3-2-7/h4-5H,2-3H2,1H3. The molecule has 12 heavy (non-hydrogen) atoms. The molecule has 0 saturated carbocycles. The van der Waals surface area contributed by atoms with Crippen molar-refractivity contribution in [1.82, 2.24) is 9.78 Å². The van der Waals surface area contributed by atoms with E-state index in [2.05, 4.69) is 5.10 Å². The molecule has 0 fully saturated rings. The SMILES string of the molecule is Cn1cc(S(=O)(=O)CCF)cn1. The highest BCUT2D eigenvalue weighted by Gasteiger charge is 2.15. The first kappa shape index (κ1) is 9.18. The van der Waals surface area contributed by atoms with Gasteiger partial charge < -0.3 is 0 Å². The second kappa shape index (κ2) is 3.22. The lowest BCUT2D eigenvalue weighted by Gasteiger charge is -1.94. The second-order valence-corrected chi connectivity index (χ2v) is 4.47. The van der Waals surface area contributed by atoms with Crippen molar-refractivity contribution in [2.75, 3.05) is 12.4 Å². The number of sulfone groups is 1. The van der Waals surface area contributed by atoms with Crippen molar-refractivity contribution >= 4 is 9.84 Å². The molecule has 0 aliphatic rings. The van der Waals surface area contributed by atoms with E-state index in [-0.39, 0.29) is 4.90 Å². The largest absolute Gasteiger partial charge is 0.274 e. The molecule has 4 nitrogen and oxygen atoms in total. The molecule has 1 heterocycles. The van der Waals surface area contributed by atoms with Crippen LogP contribution < -0.4 is 0 Å². The van der Waals surface area contributed by atoms with E-state index >= 15 is 0 Å². The lowest BCUT2D eigenvalue weighted by atomic mass is 10.7. The number of aryl methyl sites for hydroxylation is 1. The molecule has 6 heteroatoms. The number of alkyl halides is 1. The van der Waals surface area contributed by atoms with Gasteiger partial charge in [0, 0.05) is 13.2 Å². The first-order chi connectivity index (χ1) is 5.56. The van der Waals surface area contributed by atoms with Crippen LogP contribution in [-0.4, -0.2) is 30.6 Å². The van der Waals surface area contributed by atoms with Crippen LogP contribution in [0, 0.1) is 0 Å². The number of rotatable bonds is 3. The summed E-state index contributed by atoms with van der Waals surface area (Å²) in [5, 5.41) is 3.68. The van der Waals surface area contributed by atoms with Gasteiger partial charge in [-0.25, -0.2) is 12.8 Å². The van der Waals surface area contributed by atoms with Gasteiger partial charge in [0.05, 0.1) is 11.9 Å². The molecular formula is C6H9FN2O2S. The molecule has 1 aromatic rings. The van der Waals surface area contributed by atoms with Crippen molar-refractivity contribution in [3.8, 4) is 0 Å². The highest BCUT2D eigenvalue weighted by atomic mass is 32.2. The molecule has 0 N–H and O–H groups in total. The third-order valence-electron chi connectivity index (χ3n) is 1.39. The summed E-state index contributed by atoms with van der Waals surface area (Å²) in [6, 6.07) is 0. The first-order valence-electron chi connectivity index (χ1n) is 3.33. The number of hydrogen-bond acceptors (Lipinski definition) is 3. The van der Waals surface area contributed by atoms with Gasteiger partial charge in [-0.1, -0.05) is 0 Å². The van der Waals surface area contributed by atoms with Gasteiger partial charge in [0.2, 0.25) is 0 Å². The molecule has 0 spiro atoms. The van der Waals surface area contributed by atoms with Crippen LogP contribution in [0.15, 0.2) is 17.3 Å². The van der Waals surface area contributed by atoms with E-state index < -0.39 is 22.3 Å². The van der Waals surface area contributed by atoms with Crippen LogP contribution in [0.3, 0.4) is 0 Å². The fourth-order valence-electron chi connectivity index (χ4n) is 0.779. The summed E-state index contributed by atoms with van der Waals surface area (Å²) in [5.74, 6) is -0.474. The minimum absolute atomic E-state index is 0.0719. The van der Waals surface area contributed by atoms with Gasteiger partial charge in [0.15, 0.2) is 9.84 Å². The van der Waals surface area contributed by atoms with Crippen LogP contribution in [0.1, 0.15) is 0 Å². The van der Waals surface area contributed by atoms with Crippen molar-refractivity contribution in [3.63, 3.8) is 0 Å². The van der Waals surface area contributed by atoms with E-state index in [0.29, 0.717) is 0 Å². The molecule has 0 radical (unpaired) electrons. The monoisotopic (exact) mass is 192 g/mol. The van der Waals surface area contributed by atoms with Crippen LogP contribution in [0.5, 0.6) is 0 Å². The molecule has 0 saturated heterocycles. The van der Waals surface area contributed by atoms with E-state index in [4.69, 9.17) is 0 Å². The van der Waals surface area contributed by atoms with Crippen LogP contribution in [0.25, 0.3) is 0 Å². The van der Waals surface area contributed by atoms with Crippen molar-refractivity contribution in [2.45, 2.75) is 4.90 Å². The highest BCUT2D eigenvalue weighted by molar-refractivity contribution is 7.91. The molecule has 0 aliphatic carbocycles. The minimum atomic E-state index is -3.45. The minimum Gasteiger partial charge on any atom is -0.274 e. The van der Waals surface area contributed by atoms with E-state index in [1.807, 2.05) is 0 Å². The van der Waals surface area contributed by atoms with Gasteiger partial charge in [-0.3, -0.25) is 4.68 Å². The van der Waals surface area contributed by atoms with Crippen molar-refractivity contribution in [3.05, 3.63) is 12.4 Å². The first-order valence-corrected chi connectivity index (χ1v) is 4.99. The van der Waals surface area contributed by atoms with Gasteiger partial charge >= 0.3 is 0 Å². The lowest BCUT2D eigenvalue weighted by molar-refractivity contribution is 0.517. The van der Waals surface area contributed by atoms with Crippen LogP contribution >= 0.6 is 0 Å². The molecule has 1 aromatic heterocycles. The number of halogens is 1. The summed E-state index contributed by atoms with van der Waals surface area (Å²) >= 11 is 0. The second-order valence-electron chi connectivity index (χ2n) is 2.36. The Labute approximate surface area is 69.9 Å². The predicted molar refractivity (Wildman–Crippen MR) is 41.2 cm³/mol. The van der Waals surface area contributed by atoms with E-state index in [1.54, 1.807) is 7.05 Å². The van der Waals surface area contributed by atoms with Crippen LogP contribution in [0.4, 0.5) is 4.39 Å². The fourth-order valence-corrected chi connectivity index (χ4v) is 1.74. The Morgan fingerprint density at radius 3 is 2.75 bits per heavy atom. The summed E-state index contributed by atoms with van der Waals surface area (Å²) in [6.07, 6.45) is 2.57. The van der Waals surface area contributed by atoms with Crippen molar-refractivity contribution in [1.29, 1.82) is 0 Å². The molecule has 0 bridgehead atoms. The van der Waals surface area contributed by atoms with Gasteiger partial charge in [0.1, 0.15) is 11.6 Å². The zero-order chi connectivity index (χ0) is 9.19. The number of aromatic nitrogens is 2. The topological polar surface area (TPSA) is 52.0 Å². The Morgan fingerprint density at radius 1 is 1.67 bits per heavy atom. The molecule has 0 aromatic carbocycles. The smallest absolute Gasteiger partial charge is 0.184 e. The summed E-state index contributed by atoms with van der Waals surface area (Å²) in [6.45, 7) is -0.864. The van der Waals surface area contributed by atoms with Gasteiger partial charge in [-0.15, -0.1) is 0 Å². The summed E-state index contributed by atoms with van der Waals surface area (Å²) in [7, 11) is -1.84. The normalized spacial score (nSPS) is 11.8. The molecule has 0 unspecified atom stereocenters. The third kappa shape index (κ3) is 1.82. The molecule has 0 amide bonds. The zero-order valence-electron chi connectivity index (χ0n) is 6.57. The molecular weight excluding hydrogens is 183 g/mol. The Kier molecular flexibility index (Phi) is 2.46. The van der Waals surface area contributed by atoms with Crippen LogP contribution in [0.2, 0.25) is 0 Å². The summed E-state index contributed by atoms with van der Waals surface area (Å²) in [5.41, 5.74) is 0. The zero-order valence-corrected chi connectivity index (χ0v) is 7.38. The van der Waals surface area contributed by atoms with E-state index in [0.717, 1.165) is 0 Å². The summed E-state index contributed by atoms with van der Waals surface area (Å²) in [4.78, 5) is 0.0719.